The highest BCUT2D eigenvalue weighted by atomic mass is 19.1. The average molecular weight is 451 g/mol. The van der Waals surface area contributed by atoms with Gasteiger partial charge in [-0.25, -0.2) is 8.78 Å². The first kappa shape index (κ1) is 22.0. The molecule has 2 aromatic rings. The number of nitriles is 1. The number of fused-ring (bicyclic) bond motifs is 3. The van der Waals surface area contributed by atoms with Crippen molar-refractivity contribution in [2.24, 2.45) is 0 Å². The van der Waals surface area contributed by atoms with E-state index in [1.54, 1.807) is 4.90 Å². The van der Waals surface area contributed by atoms with E-state index in [0.717, 1.165) is 6.07 Å². The van der Waals surface area contributed by atoms with Crippen LogP contribution in [0.3, 0.4) is 0 Å². The summed E-state index contributed by atoms with van der Waals surface area (Å²) in [5, 5.41) is 14.1. The molecule has 2 aromatic carbocycles. The highest BCUT2D eigenvalue weighted by Gasteiger charge is 2.45. The van der Waals surface area contributed by atoms with Gasteiger partial charge in [0.05, 0.1) is 36.1 Å². The summed E-state index contributed by atoms with van der Waals surface area (Å²) >= 11 is 0. The van der Waals surface area contributed by atoms with Gasteiger partial charge in [-0.05, 0) is 30.3 Å². The molecule has 0 saturated carbocycles. The zero-order chi connectivity index (χ0) is 23.7. The number of halogens is 2. The van der Waals surface area contributed by atoms with Crippen LogP contribution in [0.25, 0.3) is 0 Å². The van der Waals surface area contributed by atoms with Crippen molar-refractivity contribution in [3.05, 3.63) is 65.5 Å². The molecular weight excluding hydrogens is 432 g/mol. The van der Waals surface area contributed by atoms with E-state index < -0.39 is 35.3 Å². The molecule has 2 aliphatic rings. The van der Waals surface area contributed by atoms with E-state index in [1.165, 1.54) is 48.2 Å². The second-order valence-corrected chi connectivity index (χ2v) is 7.55. The lowest BCUT2D eigenvalue weighted by Crippen LogP contribution is -2.54. The minimum atomic E-state index is -1.05. The molecule has 0 spiro atoms. The molecule has 0 radical (unpaired) electrons. The number of hydrogen-bond donors (Lipinski definition) is 2. The number of hydrogen-bond acceptors (Lipinski definition) is 6. The molecule has 0 aromatic heterocycles. The summed E-state index contributed by atoms with van der Waals surface area (Å²) in [6.45, 7) is 1.34. The van der Waals surface area contributed by atoms with Crippen molar-refractivity contribution >= 4 is 34.7 Å². The summed E-state index contributed by atoms with van der Waals surface area (Å²) in [5.74, 6) is -3.07. The molecule has 4 rings (SSSR count). The molecule has 1 atom stereocenters. The maximum absolute atomic E-state index is 14.2. The van der Waals surface area contributed by atoms with E-state index in [2.05, 4.69) is 10.6 Å². The number of carbonyl (C=O) groups is 3. The molecule has 2 heterocycles. The molecule has 2 amide bonds. The van der Waals surface area contributed by atoms with Crippen molar-refractivity contribution in [1.82, 2.24) is 5.32 Å². The predicted octanol–water partition coefficient (Wildman–Crippen LogP) is 2.44. The van der Waals surface area contributed by atoms with Crippen LogP contribution in [0.1, 0.15) is 13.3 Å². The summed E-state index contributed by atoms with van der Waals surface area (Å²) < 4.78 is 28.2. The van der Waals surface area contributed by atoms with Crippen LogP contribution in [0.2, 0.25) is 0 Å². The van der Waals surface area contributed by atoms with E-state index in [9.17, 15) is 23.2 Å². The largest absolute Gasteiger partial charge is 0.344 e. The van der Waals surface area contributed by atoms with Gasteiger partial charge in [0, 0.05) is 13.5 Å². The molecule has 1 unspecified atom stereocenters. The Kier molecular flexibility index (Phi) is 5.79. The number of rotatable bonds is 5. The molecule has 0 saturated heterocycles. The average Bonchev–Trinajstić information content (AvgIpc) is 3.06. The van der Waals surface area contributed by atoms with Crippen molar-refractivity contribution in [2.45, 2.75) is 19.4 Å². The van der Waals surface area contributed by atoms with Crippen molar-refractivity contribution < 1.29 is 23.2 Å². The molecule has 0 aliphatic carbocycles. The number of benzene rings is 2. The minimum Gasteiger partial charge on any atom is -0.344 e. The van der Waals surface area contributed by atoms with Gasteiger partial charge < -0.3 is 20.4 Å². The molecule has 168 valence electrons. The summed E-state index contributed by atoms with van der Waals surface area (Å²) in [5.41, 5.74) is 0.454. The van der Waals surface area contributed by atoms with Gasteiger partial charge in [0.1, 0.15) is 29.1 Å². The third-order valence-electron chi connectivity index (χ3n) is 5.36. The summed E-state index contributed by atoms with van der Waals surface area (Å²) in [6.07, 6.45) is 0.0405. The fourth-order valence-corrected chi connectivity index (χ4v) is 4.03. The van der Waals surface area contributed by atoms with Gasteiger partial charge in [-0.15, -0.1) is 0 Å². The molecule has 2 N–H and O–H groups in total. The second-order valence-electron chi connectivity index (χ2n) is 7.55. The van der Waals surface area contributed by atoms with Crippen LogP contribution in [0.15, 0.2) is 53.9 Å². The molecule has 2 aliphatic heterocycles. The number of carbonyl (C=O) groups excluding carboxylic acids is 3. The minimum absolute atomic E-state index is 0.00586. The molecule has 8 nitrogen and oxygen atoms in total. The Hall–Kier alpha value is -4.26. The lowest BCUT2D eigenvalue weighted by atomic mass is 9.97. The first-order valence-corrected chi connectivity index (χ1v) is 10.1. The number of Topliss-reactive ketones (excluding diaryl/α,β-unsaturated/α-hetero) is 1. The van der Waals surface area contributed by atoms with E-state index in [1.807, 2.05) is 6.07 Å². The van der Waals surface area contributed by atoms with Crippen LogP contribution in [0.4, 0.5) is 25.8 Å². The van der Waals surface area contributed by atoms with Crippen LogP contribution in [-0.2, 0) is 14.4 Å². The number of amides is 2. The Balaban J connectivity index is 1.86. The van der Waals surface area contributed by atoms with E-state index >= 15 is 0 Å². The summed E-state index contributed by atoms with van der Waals surface area (Å²) in [4.78, 5) is 41.5. The fourth-order valence-electron chi connectivity index (χ4n) is 4.03. The highest BCUT2D eigenvalue weighted by molar-refractivity contribution is 6.27. The zero-order valence-electron chi connectivity index (χ0n) is 17.6. The maximum atomic E-state index is 14.2. The molecular formula is C23H19F2N5O3. The first-order valence-electron chi connectivity index (χ1n) is 10.1. The van der Waals surface area contributed by atoms with Crippen LogP contribution in [0, 0.1) is 23.0 Å². The predicted molar refractivity (Wildman–Crippen MR) is 116 cm³/mol. The van der Waals surface area contributed by atoms with E-state index in [0.29, 0.717) is 11.4 Å². The van der Waals surface area contributed by atoms with Crippen molar-refractivity contribution in [2.75, 3.05) is 28.2 Å². The summed E-state index contributed by atoms with van der Waals surface area (Å²) in [6, 6.07) is 10.4. The zero-order valence-corrected chi connectivity index (χ0v) is 17.6. The van der Waals surface area contributed by atoms with Gasteiger partial charge in [0.15, 0.2) is 5.78 Å². The Bertz CT molecular complexity index is 1240. The quantitative estimate of drug-likeness (QED) is 0.677. The van der Waals surface area contributed by atoms with Crippen molar-refractivity contribution in [1.29, 1.82) is 5.26 Å². The van der Waals surface area contributed by atoms with Crippen molar-refractivity contribution in [3.8, 4) is 6.07 Å². The van der Waals surface area contributed by atoms with E-state index in [-0.39, 0.29) is 36.6 Å². The third-order valence-corrected chi connectivity index (χ3v) is 5.36. The third kappa shape index (κ3) is 4.01. The second kappa shape index (κ2) is 8.70. The van der Waals surface area contributed by atoms with Gasteiger partial charge in [-0.2, -0.15) is 5.26 Å². The van der Waals surface area contributed by atoms with Crippen LogP contribution < -0.4 is 20.4 Å². The number of nitrogens with zero attached hydrogens (tertiary/aromatic N) is 3. The van der Waals surface area contributed by atoms with Crippen molar-refractivity contribution in [3.63, 3.8) is 0 Å². The SMILES string of the molecule is CC(=O)NC1CN2C(=C(C(=O)Nc3ccccc3F)C1=O)N(CCC#N)c1cc(F)ccc12. The normalized spacial score (nSPS) is 16.8. The van der Waals surface area contributed by atoms with Gasteiger partial charge in [0.25, 0.3) is 5.91 Å². The number of nitrogens with one attached hydrogen (secondary N) is 2. The van der Waals surface area contributed by atoms with Crippen LogP contribution in [0.5, 0.6) is 0 Å². The van der Waals surface area contributed by atoms with Gasteiger partial charge in [-0.1, -0.05) is 12.1 Å². The highest BCUT2D eigenvalue weighted by Crippen LogP contribution is 2.45. The Morgan fingerprint density at radius 1 is 1.18 bits per heavy atom. The fraction of sp³-hybridized carbons (Fsp3) is 0.217. The Morgan fingerprint density at radius 3 is 2.64 bits per heavy atom. The van der Waals surface area contributed by atoms with Crippen LogP contribution >= 0.6 is 0 Å². The first-order chi connectivity index (χ1) is 15.8. The van der Waals surface area contributed by atoms with Gasteiger partial charge in [0.2, 0.25) is 5.91 Å². The molecule has 10 heteroatoms. The lowest BCUT2D eigenvalue weighted by molar-refractivity contribution is -0.126. The Labute approximate surface area is 188 Å². The maximum Gasteiger partial charge on any atom is 0.263 e. The number of anilines is 3. The smallest absolute Gasteiger partial charge is 0.263 e. The molecule has 0 fully saturated rings. The Morgan fingerprint density at radius 2 is 1.94 bits per heavy atom. The van der Waals surface area contributed by atoms with E-state index in [4.69, 9.17) is 5.26 Å². The number of para-hydroxylation sites is 1. The molecule has 33 heavy (non-hydrogen) atoms. The topological polar surface area (TPSA) is 106 Å². The van der Waals surface area contributed by atoms with Gasteiger partial charge in [-0.3, -0.25) is 14.4 Å². The van der Waals surface area contributed by atoms with Gasteiger partial charge >= 0.3 is 0 Å². The molecule has 0 bridgehead atoms. The standard InChI is InChI=1S/C23H19F2N5O3/c1-13(31)27-17-12-30-18-8-7-14(24)11-19(18)29(10-4-9-26)23(30)20(21(17)32)22(33)28-16-6-3-2-5-15(16)25/h2-3,5-8,11,17H,4,10,12H2,1H3,(H,27,31)(H,28,33). The summed E-state index contributed by atoms with van der Waals surface area (Å²) in [7, 11) is 0. The number of ketones is 1. The van der Waals surface area contributed by atoms with Crippen LogP contribution in [-0.4, -0.2) is 36.7 Å². The lowest BCUT2D eigenvalue weighted by Gasteiger charge is -2.34. The monoisotopic (exact) mass is 451 g/mol.